The minimum atomic E-state index is -0.913. The molecule has 0 aliphatic carbocycles. The van der Waals surface area contributed by atoms with Crippen LogP contribution in [-0.4, -0.2) is 0 Å². The molecule has 0 amide bonds. The minimum Gasteiger partial charge on any atom is -0.560 e. The average molecular weight is 645 g/mol. The van der Waals surface area contributed by atoms with Crippen LogP contribution in [0.15, 0.2) is 194 Å². The maximum Gasteiger partial charge on any atom is 0.338 e. The molecule has 0 atom stereocenters. The molecule has 7 aromatic rings. The lowest BCUT2D eigenvalue weighted by Crippen LogP contribution is -2.64. The van der Waals surface area contributed by atoms with Crippen molar-refractivity contribution in [3.8, 4) is 23.7 Å². The van der Waals surface area contributed by atoms with E-state index in [9.17, 15) is 10.4 Å². The van der Waals surface area contributed by atoms with Crippen LogP contribution in [0.3, 0.4) is 0 Å². The molecule has 0 fully saturated rings. The third-order valence-electron chi connectivity index (χ3n) is 8.97. The zero-order valence-electron chi connectivity index (χ0n) is 27.2. The molecule has 0 radical (unpaired) electrons. The Balaban J connectivity index is 1.38. The van der Waals surface area contributed by atoms with Crippen LogP contribution in [0.5, 0.6) is 0 Å². The van der Waals surface area contributed by atoms with Gasteiger partial charge in [-0.3, -0.25) is 0 Å². The Morgan fingerprint density at radius 1 is 0.300 bits per heavy atom. The third kappa shape index (κ3) is 5.88. The Morgan fingerprint density at radius 2 is 0.500 bits per heavy atom. The van der Waals surface area contributed by atoms with Crippen LogP contribution >= 0.6 is 0 Å². The van der Waals surface area contributed by atoms with Crippen LogP contribution in [-0.2, 0) is 10.8 Å². The van der Waals surface area contributed by atoms with Gasteiger partial charge in [-0.15, -0.1) is 0 Å². The molecule has 7 rings (SSSR count). The summed E-state index contributed by atoms with van der Waals surface area (Å²) in [7, 11) is 0. The van der Waals surface area contributed by atoms with E-state index in [1.807, 2.05) is 182 Å². The molecular weight excluding hydrogens is 613 g/mol. The summed E-state index contributed by atoms with van der Waals surface area (Å²) in [6.07, 6.45) is 0. The molecular formula is C46H32N2O2. The van der Waals surface area contributed by atoms with Gasteiger partial charge in [0.1, 0.15) is 10.8 Å². The molecule has 6 aromatic carbocycles. The molecule has 50 heavy (non-hydrogen) atoms. The maximum absolute atomic E-state index is 13.6. The highest BCUT2D eigenvalue weighted by atomic mass is 16.6. The van der Waals surface area contributed by atoms with Gasteiger partial charge in [0.05, 0.1) is 9.69 Å². The van der Waals surface area contributed by atoms with E-state index in [1.165, 1.54) is 0 Å². The summed E-state index contributed by atoms with van der Waals surface area (Å²) < 4.78 is 0. The van der Waals surface area contributed by atoms with Crippen molar-refractivity contribution in [3.63, 3.8) is 0 Å². The molecule has 0 N–H and O–H groups in total. The molecule has 0 bridgehead atoms. The van der Waals surface area contributed by atoms with Gasteiger partial charge in [0, 0.05) is 24.0 Å². The molecule has 0 aliphatic rings. The zero-order valence-corrected chi connectivity index (χ0v) is 27.2. The molecule has 1 heterocycles. The van der Waals surface area contributed by atoms with E-state index in [0.717, 1.165) is 33.4 Å². The van der Waals surface area contributed by atoms with E-state index in [-0.39, 0.29) is 21.1 Å². The second kappa shape index (κ2) is 14.1. The molecule has 0 unspecified atom stereocenters. The SMILES string of the molecule is [O-][n+]1c(C#CC(c2ccccc2)(c2ccccc2)c2ccccc2)ccc(C#CC(c2ccccc2)(c2ccccc2)c2ccccc2)[n+]1[O-]. The van der Waals surface area contributed by atoms with Crippen molar-refractivity contribution >= 4 is 0 Å². The first kappa shape index (κ1) is 31.7. The molecule has 1 aromatic heterocycles. The van der Waals surface area contributed by atoms with Gasteiger partial charge < -0.3 is 10.4 Å². The first-order valence-electron chi connectivity index (χ1n) is 16.4. The van der Waals surface area contributed by atoms with Crippen molar-refractivity contribution in [3.05, 3.63) is 249 Å². The van der Waals surface area contributed by atoms with E-state index in [2.05, 4.69) is 23.7 Å². The van der Waals surface area contributed by atoms with Crippen molar-refractivity contribution in [2.45, 2.75) is 10.8 Å². The van der Waals surface area contributed by atoms with E-state index in [0.29, 0.717) is 0 Å². The summed E-state index contributed by atoms with van der Waals surface area (Å²) in [5.74, 6) is 13.1. The number of hydrogen-bond donors (Lipinski definition) is 0. The predicted octanol–water partition coefficient (Wildman–Crippen LogP) is 7.73. The van der Waals surface area contributed by atoms with Crippen LogP contribution < -0.4 is 9.69 Å². The fraction of sp³-hybridized carbons (Fsp3) is 0.0435. The number of aromatic nitrogens is 2. The van der Waals surface area contributed by atoms with Gasteiger partial charge in [-0.2, -0.15) is 0 Å². The standard InChI is InChI=1S/C46H32N2O2/c49-47-43(33-35-45(37-19-7-1-8-20-37,38-21-9-2-10-22-38)39-23-11-3-12-24-39)31-32-44(48(47)50)34-36-46(40-25-13-4-14-26-40,41-27-15-5-16-28-41)42-29-17-6-18-30-42/h1-32H. The fourth-order valence-electron chi connectivity index (χ4n) is 6.54. The molecule has 0 saturated carbocycles. The van der Waals surface area contributed by atoms with Gasteiger partial charge in [0.2, 0.25) is 0 Å². The molecule has 0 aliphatic heterocycles. The monoisotopic (exact) mass is 644 g/mol. The van der Waals surface area contributed by atoms with Crippen LogP contribution in [0.2, 0.25) is 0 Å². The average Bonchev–Trinajstić information content (AvgIpc) is 3.20. The summed E-state index contributed by atoms with van der Waals surface area (Å²) in [5.41, 5.74) is 3.86. The first-order valence-corrected chi connectivity index (χ1v) is 16.4. The second-order valence-corrected chi connectivity index (χ2v) is 11.8. The quantitative estimate of drug-likeness (QED) is 0.0806. The van der Waals surface area contributed by atoms with Gasteiger partial charge in [-0.05, 0) is 33.4 Å². The van der Waals surface area contributed by atoms with E-state index in [4.69, 9.17) is 0 Å². The fourth-order valence-corrected chi connectivity index (χ4v) is 6.54. The van der Waals surface area contributed by atoms with E-state index in [1.54, 1.807) is 12.1 Å². The highest BCUT2D eigenvalue weighted by Crippen LogP contribution is 2.40. The van der Waals surface area contributed by atoms with Crippen LogP contribution in [0.4, 0.5) is 0 Å². The lowest BCUT2D eigenvalue weighted by atomic mass is 9.70. The molecule has 0 spiro atoms. The number of nitrogens with zero attached hydrogens (tertiary/aromatic N) is 2. The van der Waals surface area contributed by atoms with Gasteiger partial charge in [-0.25, -0.2) is 0 Å². The Labute approximate surface area is 292 Å². The Hall–Kier alpha value is -6.88. The summed E-state index contributed by atoms with van der Waals surface area (Å²) >= 11 is 0. The predicted molar refractivity (Wildman–Crippen MR) is 197 cm³/mol. The van der Waals surface area contributed by atoms with Crippen LogP contribution in [0.25, 0.3) is 0 Å². The lowest BCUT2D eigenvalue weighted by molar-refractivity contribution is -1.19. The topological polar surface area (TPSA) is 53.9 Å². The van der Waals surface area contributed by atoms with Gasteiger partial charge >= 0.3 is 11.4 Å². The largest absolute Gasteiger partial charge is 0.560 e. The molecule has 4 nitrogen and oxygen atoms in total. The smallest absolute Gasteiger partial charge is 0.338 e. The minimum absolute atomic E-state index is 0.0122. The van der Waals surface area contributed by atoms with Crippen molar-refractivity contribution in [2.24, 2.45) is 0 Å². The normalized spacial score (nSPS) is 11.0. The second-order valence-electron chi connectivity index (χ2n) is 11.8. The van der Waals surface area contributed by atoms with E-state index < -0.39 is 10.8 Å². The Morgan fingerprint density at radius 3 is 0.700 bits per heavy atom. The van der Waals surface area contributed by atoms with Gasteiger partial charge in [-0.1, -0.05) is 194 Å². The Bertz CT molecular complexity index is 1960. The van der Waals surface area contributed by atoms with Crippen molar-refractivity contribution < 1.29 is 9.69 Å². The third-order valence-corrected chi connectivity index (χ3v) is 8.97. The van der Waals surface area contributed by atoms with Crippen molar-refractivity contribution in [1.82, 2.24) is 0 Å². The lowest BCUT2D eigenvalue weighted by Gasteiger charge is -2.30. The highest BCUT2D eigenvalue weighted by molar-refractivity contribution is 5.60. The Kier molecular flexibility index (Phi) is 8.93. The highest BCUT2D eigenvalue weighted by Gasteiger charge is 2.36. The van der Waals surface area contributed by atoms with Gasteiger partial charge in [0.25, 0.3) is 0 Å². The molecule has 238 valence electrons. The number of hydrogen-bond acceptors (Lipinski definition) is 2. The number of rotatable bonds is 6. The summed E-state index contributed by atoms with van der Waals surface area (Å²) in [6, 6.07) is 63.0. The van der Waals surface area contributed by atoms with Crippen LogP contribution in [0.1, 0.15) is 44.8 Å². The summed E-state index contributed by atoms with van der Waals surface area (Å²) in [6.45, 7) is 0. The van der Waals surface area contributed by atoms with Crippen molar-refractivity contribution in [1.29, 1.82) is 0 Å². The van der Waals surface area contributed by atoms with E-state index >= 15 is 0 Å². The van der Waals surface area contributed by atoms with Gasteiger partial charge in [0.15, 0.2) is 0 Å². The zero-order chi connectivity index (χ0) is 34.2. The molecule has 0 saturated heterocycles. The van der Waals surface area contributed by atoms with Crippen LogP contribution in [0, 0.1) is 34.1 Å². The van der Waals surface area contributed by atoms with Crippen molar-refractivity contribution in [2.75, 3.05) is 0 Å². The number of benzene rings is 6. The molecule has 4 heteroatoms. The first-order chi connectivity index (χ1) is 24.6. The summed E-state index contributed by atoms with van der Waals surface area (Å²) in [5, 5.41) is 27.3. The summed E-state index contributed by atoms with van der Waals surface area (Å²) in [4.78, 5) is 0.552. The maximum atomic E-state index is 13.6.